The number of rotatable bonds is 10. The molecule has 0 saturated heterocycles. The van der Waals surface area contributed by atoms with Crippen LogP contribution in [0.3, 0.4) is 0 Å². The number of carboxylic acids is 1. The van der Waals surface area contributed by atoms with Crippen LogP contribution in [-0.4, -0.2) is 46.7 Å². The van der Waals surface area contributed by atoms with Crippen LogP contribution in [0.15, 0.2) is 0 Å². The van der Waals surface area contributed by atoms with Gasteiger partial charge in [0, 0.05) is 24.5 Å². The summed E-state index contributed by atoms with van der Waals surface area (Å²) in [7, 11) is 0. The molecule has 0 aliphatic rings. The van der Waals surface area contributed by atoms with Crippen LogP contribution in [0.2, 0.25) is 0 Å². The molecule has 0 rings (SSSR count). The van der Waals surface area contributed by atoms with Crippen molar-refractivity contribution in [1.29, 1.82) is 0 Å². The maximum absolute atomic E-state index is 12.1. The zero-order chi connectivity index (χ0) is 19.8. The molecule has 0 heterocycles. The van der Waals surface area contributed by atoms with Crippen molar-refractivity contribution >= 4 is 17.8 Å². The zero-order valence-corrected chi connectivity index (χ0v) is 16.6. The Balaban J connectivity index is 4.41. The number of aliphatic carboxylic acids is 1. The van der Waals surface area contributed by atoms with Gasteiger partial charge in [-0.05, 0) is 47.5 Å². The summed E-state index contributed by atoms with van der Waals surface area (Å²) in [6, 6.07) is -1.06. The lowest BCUT2D eigenvalue weighted by Crippen LogP contribution is -2.46. The molecule has 3 N–H and O–H groups in total. The van der Waals surface area contributed by atoms with E-state index < -0.39 is 17.6 Å². The summed E-state index contributed by atoms with van der Waals surface area (Å²) in [4.78, 5) is 35.0. The third kappa shape index (κ3) is 11.5. The van der Waals surface area contributed by atoms with Crippen molar-refractivity contribution in [3.63, 3.8) is 0 Å². The lowest BCUT2D eigenvalue weighted by Gasteiger charge is -2.28. The Bertz CT molecular complexity index is 467. The normalized spacial score (nSPS) is 13.4. The van der Waals surface area contributed by atoms with Crippen LogP contribution in [0.1, 0.15) is 67.7 Å². The number of hydrogen-bond acceptors (Lipinski definition) is 4. The maximum Gasteiger partial charge on any atom is 0.326 e. The third-order valence-corrected chi connectivity index (χ3v) is 3.54. The minimum atomic E-state index is -1.14. The van der Waals surface area contributed by atoms with Gasteiger partial charge in [0.1, 0.15) is 6.04 Å². The second-order valence-corrected chi connectivity index (χ2v) is 8.24. The first kappa shape index (κ1) is 23.4. The molecule has 7 nitrogen and oxygen atoms in total. The van der Waals surface area contributed by atoms with Crippen molar-refractivity contribution in [2.75, 3.05) is 6.61 Å². The van der Waals surface area contributed by atoms with Crippen molar-refractivity contribution < 1.29 is 24.2 Å². The van der Waals surface area contributed by atoms with Gasteiger partial charge in [0.15, 0.2) is 0 Å². The molecule has 0 aromatic carbocycles. The minimum Gasteiger partial charge on any atom is -0.480 e. The molecule has 0 fully saturated rings. The molecule has 0 spiro atoms. The van der Waals surface area contributed by atoms with Crippen LogP contribution in [0, 0.1) is 5.92 Å². The van der Waals surface area contributed by atoms with E-state index in [1.54, 1.807) is 13.8 Å². The molecule has 1 unspecified atom stereocenters. The molecule has 2 amide bonds. The van der Waals surface area contributed by atoms with Gasteiger partial charge in [-0.3, -0.25) is 9.59 Å². The summed E-state index contributed by atoms with van der Waals surface area (Å²) in [5, 5.41) is 14.5. The molecule has 0 saturated carbocycles. The lowest BCUT2D eigenvalue weighted by molar-refractivity contribution is -0.142. The largest absolute Gasteiger partial charge is 0.480 e. The number of nitrogens with one attached hydrogen (secondary N) is 2. The molecular weight excluding hydrogens is 324 g/mol. The predicted octanol–water partition coefficient (Wildman–Crippen LogP) is 2.09. The van der Waals surface area contributed by atoms with Crippen LogP contribution < -0.4 is 10.6 Å². The van der Waals surface area contributed by atoms with Gasteiger partial charge in [-0.1, -0.05) is 13.8 Å². The van der Waals surface area contributed by atoms with Gasteiger partial charge < -0.3 is 20.5 Å². The Morgan fingerprint density at radius 3 is 2.08 bits per heavy atom. The topological polar surface area (TPSA) is 105 Å². The highest BCUT2D eigenvalue weighted by molar-refractivity contribution is 5.85. The number of ether oxygens (including phenoxy) is 1. The van der Waals surface area contributed by atoms with Gasteiger partial charge in [-0.25, -0.2) is 4.79 Å². The maximum atomic E-state index is 12.1. The van der Waals surface area contributed by atoms with Crippen LogP contribution in [0.5, 0.6) is 0 Å². The van der Waals surface area contributed by atoms with Crippen molar-refractivity contribution in [3.8, 4) is 0 Å². The summed E-state index contributed by atoms with van der Waals surface area (Å²) in [6.45, 7) is 13.6. The molecule has 0 bridgehead atoms. The molecule has 146 valence electrons. The standard InChI is InChI=1S/C18H34N2O5/c1-12(2)15(22)19-13(16(23)24)8-9-14(21)20-18(6,7)10-11-25-17(3,4)5/h12-13H,8-11H2,1-7H3,(H,19,22)(H,20,21)(H,23,24). The Morgan fingerprint density at radius 2 is 1.64 bits per heavy atom. The SMILES string of the molecule is CC(C)C(=O)NC(CCC(=O)NC(C)(C)CCOC(C)(C)C)C(=O)O. The van der Waals surface area contributed by atoms with Crippen LogP contribution in [0.25, 0.3) is 0 Å². The Hall–Kier alpha value is -1.63. The van der Waals surface area contributed by atoms with E-state index in [-0.39, 0.29) is 36.2 Å². The number of carbonyl (C=O) groups is 3. The second-order valence-electron chi connectivity index (χ2n) is 8.24. The van der Waals surface area contributed by atoms with E-state index in [0.717, 1.165) is 0 Å². The molecule has 0 aliphatic carbocycles. The van der Waals surface area contributed by atoms with Crippen molar-refractivity contribution in [3.05, 3.63) is 0 Å². The highest BCUT2D eigenvalue weighted by Gasteiger charge is 2.25. The third-order valence-electron chi connectivity index (χ3n) is 3.54. The zero-order valence-electron chi connectivity index (χ0n) is 16.6. The average Bonchev–Trinajstić information content (AvgIpc) is 2.40. The van der Waals surface area contributed by atoms with Crippen molar-refractivity contribution in [2.45, 2.75) is 84.9 Å². The predicted molar refractivity (Wildman–Crippen MR) is 96.2 cm³/mol. The highest BCUT2D eigenvalue weighted by atomic mass is 16.5. The fraction of sp³-hybridized carbons (Fsp3) is 0.833. The summed E-state index contributed by atoms with van der Waals surface area (Å²) in [5.41, 5.74) is -0.689. The van der Waals surface area contributed by atoms with Crippen molar-refractivity contribution in [2.24, 2.45) is 5.92 Å². The quantitative estimate of drug-likeness (QED) is 0.555. The van der Waals surface area contributed by atoms with Gasteiger partial charge in [-0.15, -0.1) is 0 Å². The van der Waals surface area contributed by atoms with Crippen LogP contribution in [0.4, 0.5) is 0 Å². The van der Waals surface area contributed by atoms with Gasteiger partial charge in [0.25, 0.3) is 0 Å². The smallest absolute Gasteiger partial charge is 0.326 e. The molecule has 0 radical (unpaired) electrons. The van der Waals surface area contributed by atoms with Crippen LogP contribution >= 0.6 is 0 Å². The molecular formula is C18H34N2O5. The summed E-state index contributed by atoms with van der Waals surface area (Å²) in [5.74, 6) is -2.03. The van der Waals surface area contributed by atoms with E-state index in [0.29, 0.717) is 13.0 Å². The first-order valence-corrected chi connectivity index (χ1v) is 8.71. The Kier molecular flexibility index (Phi) is 9.11. The number of amides is 2. The van der Waals surface area contributed by atoms with E-state index >= 15 is 0 Å². The van der Waals surface area contributed by atoms with Crippen molar-refractivity contribution in [1.82, 2.24) is 10.6 Å². The molecule has 0 aromatic rings. The first-order valence-electron chi connectivity index (χ1n) is 8.71. The molecule has 25 heavy (non-hydrogen) atoms. The molecule has 0 aliphatic heterocycles. The average molecular weight is 358 g/mol. The monoisotopic (exact) mass is 358 g/mol. The minimum absolute atomic E-state index is 0.0267. The fourth-order valence-corrected chi connectivity index (χ4v) is 1.99. The Morgan fingerprint density at radius 1 is 1.08 bits per heavy atom. The first-order chi connectivity index (χ1) is 11.2. The van der Waals surface area contributed by atoms with Crippen LogP contribution in [-0.2, 0) is 19.1 Å². The van der Waals surface area contributed by atoms with E-state index in [1.165, 1.54) is 0 Å². The number of carboxylic acid groups (broad SMARTS) is 1. The van der Waals surface area contributed by atoms with Gasteiger partial charge in [0.05, 0.1) is 5.60 Å². The van der Waals surface area contributed by atoms with E-state index in [9.17, 15) is 19.5 Å². The fourth-order valence-electron chi connectivity index (χ4n) is 1.99. The molecule has 7 heteroatoms. The van der Waals surface area contributed by atoms with Gasteiger partial charge in [-0.2, -0.15) is 0 Å². The Labute approximate surface area is 150 Å². The summed E-state index contributed by atoms with van der Waals surface area (Å²) < 4.78 is 5.67. The molecule has 0 aromatic heterocycles. The summed E-state index contributed by atoms with van der Waals surface area (Å²) >= 11 is 0. The second kappa shape index (κ2) is 9.75. The number of hydrogen-bond donors (Lipinski definition) is 3. The lowest BCUT2D eigenvalue weighted by atomic mass is 10.00. The van der Waals surface area contributed by atoms with E-state index in [1.807, 2.05) is 34.6 Å². The van der Waals surface area contributed by atoms with E-state index in [2.05, 4.69) is 10.6 Å². The molecule has 1 atom stereocenters. The van der Waals surface area contributed by atoms with Gasteiger partial charge in [0.2, 0.25) is 11.8 Å². The number of carbonyl (C=O) groups excluding carboxylic acids is 2. The van der Waals surface area contributed by atoms with Gasteiger partial charge >= 0.3 is 5.97 Å². The highest BCUT2D eigenvalue weighted by Crippen LogP contribution is 2.14. The van der Waals surface area contributed by atoms with E-state index in [4.69, 9.17) is 4.74 Å². The summed E-state index contributed by atoms with van der Waals surface area (Å²) in [6.07, 6.45) is 0.718.